The summed E-state index contributed by atoms with van der Waals surface area (Å²) in [4.78, 5) is 20.9. The maximum atomic E-state index is 12.1. The van der Waals surface area contributed by atoms with E-state index in [1.54, 1.807) is 7.11 Å². The molecule has 1 fully saturated rings. The van der Waals surface area contributed by atoms with Crippen LogP contribution in [0.25, 0.3) is 0 Å². The van der Waals surface area contributed by atoms with Gasteiger partial charge in [0.25, 0.3) is 5.56 Å². The van der Waals surface area contributed by atoms with Gasteiger partial charge in [0.1, 0.15) is 11.6 Å². The van der Waals surface area contributed by atoms with Crippen molar-refractivity contribution in [3.63, 3.8) is 0 Å². The fourth-order valence-electron chi connectivity index (χ4n) is 3.13. The monoisotopic (exact) mass is 315 g/mol. The van der Waals surface area contributed by atoms with Crippen LogP contribution in [-0.4, -0.2) is 30.2 Å². The van der Waals surface area contributed by atoms with Gasteiger partial charge in [0.2, 0.25) is 5.95 Å². The fraction of sp³-hybridized carbons (Fsp3) is 0.375. The van der Waals surface area contributed by atoms with E-state index in [0.29, 0.717) is 5.56 Å². The van der Waals surface area contributed by atoms with E-state index < -0.39 is 0 Å². The smallest absolute Gasteiger partial charge is 0.257 e. The first-order valence-corrected chi connectivity index (χ1v) is 7.62. The van der Waals surface area contributed by atoms with Gasteiger partial charge in [0.15, 0.2) is 0 Å². The van der Waals surface area contributed by atoms with Crippen molar-refractivity contribution in [1.82, 2.24) is 9.97 Å². The molecule has 0 saturated carbocycles. The lowest BCUT2D eigenvalue weighted by Gasteiger charge is -2.33. The molecule has 1 aromatic carbocycles. The van der Waals surface area contributed by atoms with E-state index in [9.17, 15) is 4.79 Å². The number of benzene rings is 1. The molecule has 1 saturated heterocycles. The lowest BCUT2D eigenvalue weighted by molar-refractivity contribution is 0.414. The summed E-state index contributed by atoms with van der Waals surface area (Å²) in [5.74, 6) is 1.26. The summed E-state index contributed by atoms with van der Waals surface area (Å²) in [7, 11) is 1.66. The van der Waals surface area contributed by atoms with Gasteiger partial charge in [-0.05, 0) is 43.0 Å². The number of hydrogen-bond donors (Lipinski definition) is 3. The predicted octanol–water partition coefficient (Wildman–Crippen LogP) is 1.33. The average Bonchev–Trinajstić information content (AvgIpc) is 2.55. The second-order valence-electron chi connectivity index (χ2n) is 5.71. The topological polar surface area (TPSA) is 110 Å². The molecule has 1 aliphatic rings. The third-order valence-electron chi connectivity index (χ3n) is 4.34. The number of hydrogen-bond acceptors (Lipinski definition) is 6. The van der Waals surface area contributed by atoms with Gasteiger partial charge in [-0.2, -0.15) is 4.98 Å². The lowest BCUT2D eigenvalue weighted by atomic mass is 9.90. The molecule has 5 N–H and O–H groups in total. The first kappa shape index (κ1) is 15.2. The van der Waals surface area contributed by atoms with Crippen molar-refractivity contribution in [3.8, 4) is 5.75 Å². The molecule has 1 aliphatic heterocycles. The van der Waals surface area contributed by atoms with E-state index >= 15 is 0 Å². The van der Waals surface area contributed by atoms with Crippen LogP contribution in [-0.2, 0) is 0 Å². The van der Waals surface area contributed by atoms with Crippen LogP contribution < -0.4 is 26.7 Å². The summed E-state index contributed by atoms with van der Waals surface area (Å²) in [6, 6.07) is 8.00. The van der Waals surface area contributed by atoms with E-state index in [2.05, 4.69) is 14.9 Å². The Morgan fingerprint density at radius 3 is 2.43 bits per heavy atom. The first-order chi connectivity index (χ1) is 11.1. The first-order valence-electron chi connectivity index (χ1n) is 7.62. The van der Waals surface area contributed by atoms with Crippen LogP contribution in [0.5, 0.6) is 5.75 Å². The summed E-state index contributed by atoms with van der Waals surface area (Å²) in [6.07, 6.45) is 1.70. The number of aromatic amines is 1. The molecule has 1 aromatic heterocycles. The largest absolute Gasteiger partial charge is 0.497 e. The van der Waals surface area contributed by atoms with Gasteiger partial charge in [0.05, 0.1) is 12.7 Å². The Labute approximate surface area is 134 Å². The normalized spacial score (nSPS) is 15.6. The fourth-order valence-corrected chi connectivity index (χ4v) is 3.13. The highest BCUT2D eigenvalue weighted by molar-refractivity contribution is 5.50. The minimum atomic E-state index is -0.224. The number of aromatic nitrogens is 2. The van der Waals surface area contributed by atoms with Crippen LogP contribution in [0.15, 0.2) is 29.1 Å². The maximum absolute atomic E-state index is 12.1. The van der Waals surface area contributed by atoms with Gasteiger partial charge in [-0.15, -0.1) is 0 Å². The van der Waals surface area contributed by atoms with E-state index in [4.69, 9.17) is 16.2 Å². The summed E-state index contributed by atoms with van der Waals surface area (Å²) >= 11 is 0. The Bertz CT molecular complexity index is 733. The van der Waals surface area contributed by atoms with Gasteiger partial charge in [-0.3, -0.25) is 9.78 Å². The molecular formula is C16H21N5O2. The van der Waals surface area contributed by atoms with Gasteiger partial charge in [0, 0.05) is 18.8 Å². The number of H-pyrrole nitrogens is 1. The zero-order valence-electron chi connectivity index (χ0n) is 13.1. The van der Waals surface area contributed by atoms with Crippen LogP contribution in [0.4, 0.5) is 17.5 Å². The second kappa shape index (κ2) is 6.20. The van der Waals surface area contributed by atoms with Crippen molar-refractivity contribution >= 4 is 17.5 Å². The maximum Gasteiger partial charge on any atom is 0.257 e. The molecule has 2 aromatic rings. The number of ether oxygens (including phenoxy) is 1. The minimum absolute atomic E-state index is 0.0620. The van der Waals surface area contributed by atoms with E-state index in [-0.39, 0.29) is 23.2 Å². The molecule has 7 heteroatoms. The molecule has 0 spiro atoms. The summed E-state index contributed by atoms with van der Waals surface area (Å²) in [5, 5.41) is 0. The molecule has 122 valence electrons. The van der Waals surface area contributed by atoms with Gasteiger partial charge < -0.3 is 21.1 Å². The molecule has 23 heavy (non-hydrogen) atoms. The number of nitrogen functional groups attached to an aromatic ring is 2. The number of nitrogens with one attached hydrogen (secondary N) is 1. The van der Waals surface area contributed by atoms with Crippen molar-refractivity contribution in [3.05, 3.63) is 40.2 Å². The number of methoxy groups -OCH3 is 1. The summed E-state index contributed by atoms with van der Waals surface area (Å²) < 4.78 is 5.18. The highest BCUT2D eigenvalue weighted by Gasteiger charge is 2.25. The van der Waals surface area contributed by atoms with E-state index in [1.165, 1.54) is 0 Å². The summed E-state index contributed by atoms with van der Waals surface area (Å²) in [6.45, 7) is 1.72. The third-order valence-corrected chi connectivity index (χ3v) is 4.34. The molecule has 3 rings (SSSR count). The number of rotatable bonds is 3. The average molecular weight is 315 g/mol. The molecule has 0 radical (unpaired) electrons. The Balaban J connectivity index is 1.72. The van der Waals surface area contributed by atoms with Gasteiger partial charge in [-0.1, -0.05) is 0 Å². The van der Waals surface area contributed by atoms with Crippen LogP contribution in [0.3, 0.4) is 0 Å². The number of anilines is 3. The van der Waals surface area contributed by atoms with E-state index in [1.807, 2.05) is 24.3 Å². The van der Waals surface area contributed by atoms with Crippen molar-refractivity contribution < 1.29 is 4.74 Å². The van der Waals surface area contributed by atoms with Crippen molar-refractivity contribution in [2.45, 2.75) is 18.8 Å². The molecule has 0 unspecified atom stereocenters. The van der Waals surface area contributed by atoms with Crippen molar-refractivity contribution in [2.24, 2.45) is 0 Å². The zero-order chi connectivity index (χ0) is 16.4. The van der Waals surface area contributed by atoms with Crippen LogP contribution in [0.2, 0.25) is 0 Å². The number of nitrogens with two attached hydrogens (primary N) is 2. The van der Waals surface area contributed by atoms with Crippen LogP contribution >= 0.6 is 0 Å². The highest BCUT2D eigenvalue weighted by Crippen LogP contribution is 2.31. The summed E-state index contributed by atoms with van der Waals surface area (Å²) in [5.41, 5.74) is 12.9. The zero-order valence-corrected chi connectivity index (χ0v) is 13.1. The SMILES string of the molecule is COc1ccc(N2CCC(c3c(N)nc(N)[nH]c3=O)CC2)cc1. The van der Waals surface area contributed by atoms with Crippen LogP contribution in [0, 0.1) is 0 Å². The van der Waals surface area contributed by atoms with Crippen molar-refractivity contribution in [2.75, 3.05) is 36.6 Å². The van der Waals surface area contributed by atoms with Crippen LogP contribution in [0.1, 0.15) is 24.3 Å². The molecule has 0 bridgehead atoms. The standard InChI is InChI=1S/C16H21N5O2/c1-23-12-4-2-11(3-5-12)21-8-6-10(7-9-21)13-14(17)19-16(18)20-15(13)22/h2-5,10H,6-9H2,1H3,(H5,17,18,19,20,22). The number of nitrogens with zero attached hydrogens (tertiary/aromatic N) is 2. The quantitative estimate of drug-likeness (QED) is 0.788. The molecule has 0 atom stereocenters. The molecular weight excluding hydrogens is 294 g/mol. The molecule has 0 amide bonds. The Morgan fingerprint density at radius 2 is 1.87 bits per heavy atom. The Morgan fingerprint density at radius 1 is 1.22 bits per heavy atom. The van der Waals surface area contributed by atoms with Crippen molar-refractivity contribution in [1.29, 1.82) is 0 Å². The predicted molar refractivity (Wildman–Crippen MR) is 90.9 cm³/mol. The van der Waals surface area contributed by atoms with E-state index in [0.717, 1.165) is 37.4 Å². The third kappa shape index (κ3) is 3.08. The Kier molecular flexibility index (Phi) is 4.10. The molecule has 2 heterocycles. The minimum Gasteiger partial charge on any atom is -0.497 e. The van der Waals surface area contributed by atoms with Gasteiger partial charge >= 0.3 is 0 Å². The second-order valence-corrected chi connectivity index (χ2v) is 5.71. The highest BCUT2D eigenvalue weighted by atomic mass is 16.5. The molecule has 0 aliphatic carbocycles. The Hall–Kier alpha value is -2.70. The van der Waals surface area contributed by atoms with Gasteiger partial charge in [-0.25, -0.2) is 0 Å². The molecule has 7 nitrogen and oxygen atoms in total. The number of piperidine rings is 1. The lowest BCUT2D eigenvalue weighted by Crippen LogP contribution is -2.35.